The van der Waals surface area contributed by atoms with E-state index in [2.05, 4.69) is 32.3 Å². The minimum atomic E-state index is 0.324. The molecule has 0 aromatic carbocycles. The molecule has 1 N–H and O–H groups in total. The van der Waals surface area contributed by atoms with E-state index >= 15 is 0 Å². The number of hydrogen-bond acceptors (Lipinski definition) is 6. The molecular formula is C12H18N6O. The van der Waals surface area contributed by atoms with Crippen LogP contribution >= 0.6 is 0 Å². The molecule has 0 aliphatic carbocycles. The molecule has 2 aromatic rings. The lowest BCUT2D eigenvalue weighted by Crippen LogP contribution is -2.11. The van der Waals surface area contributed by atoms with Crippen molar-refractivity contribution in [3.05, 3.63) is 18.5 Å². The molecule has 2 heterocycles. The van der Waals surface area contributed by atoms with Gasteiger partial charge in [-0.25, -0.2) is 4.68 Å². The molecule has 0 aliphatic rings. The molecule has 0 radical (unpaired) electrons. The average Bonchev–Trinajstić information content (AvgIpc) is 2.93. The molecular weight excluding hydrogens is 244 g/mol. The Balaban J connectivity index is 2.22. The lowest BCUT2D eigenvalue weighted by molar-refractivity contribution is 0.284. The largest absolute Gasteiger partial charge is 0.463 e. The van der Waals surface area contributed by atoms with E-state index in [1.54, 1.807) is 17.1 Å². The topological polar surface area (TPSA) is 77.8 Å². The minimum absolute atomic E-state index is 0.324. The second-order valence-electron chi connectivity index (χ2n) is 3.92. The average molecular weight is 262 g/mol. The zero-order valence-electron chi connectivity index (χ0n) is 11.2. The molecule has 0 amide bonds. The van der Waals surface area contributed by atoms with Crippen molar-refractivity contribution in [2.45, 2.75) is 26.7 Å². The van der Waals surface area contributed by atoms with E-state index in [1.165, 1.54) is 0 Å². The molecule has 2 aromatic heterocycles. The van der Waals surface area contributed by atoms with Crippen molar-refractivity contribution in [2.24, 2.45) is 0 Å². The van der Waals surface area contributed by atoms with Crippen molar-refractivity contribution >= 4 is 5.95 Å². The van der Waals surface area contributed by atoms with Crippen LogP contribution in [0, 0.1) is 0 Å². The van der Waals surface area contributed by atoms with E-state index in [-0.39, 0.29) is 0 Å². The van der Waals surface area contributed by atoms with Crippen LogP contribution in [0.4, 0.5) is 5.95 Å². The zero-order chi connectivity index (χ0) is 13.5. The third-order valence-electron chi connectivity index (χ3n) is 2.38. The van der Waals surface area contributed by atoms with E-state index in [0.29, 0.717) is 24.5 Å². The Morgan fingerprint density at radius 3 is 2.84 bits per heavy atom. The Hall–Kier alpha value is -2.18. The predicted octanol–water partition coefficient (Wildman–Crippen LogP) is 1.67. The highest BCUT2D eigenvalue weighted by atomic mass is 16.5. The van der Waals surface area contributed by atoms with Gasteiger partial charge in [-0.05, 0) is 19.4 Å². The molecule has 19 heavy (non-hydrogen) atoms. The van der Waals surface area contributed by atoms with E-state index < -0.39 is 0 Å². The van der Waals surface area contributed by atoms with Gasteiger partial charge >= 0.3 is 6.01 Å². The fourth-order valence-corrected chi connectivity index (χ4v) is 1.44. The van der Waals surface area contributed by atoms with Crippen LogP contribution in [-0.4, -0.2) is 37.9 Å². The van der Waals surface area contributed by atoms with Gasteiger partial charge in [0.05, 0.1) is 6.61 Å². The molecule has 0 saturated heterocycles. The predicted molar refractivity (Wildman–Crippen MR) is 71.5 cm³/mol. The maximum Gasteiger partial charge on any atom is 0.323 e. The molecule has 2 rings (SSSR count). The maximum atomic E-state index is 5.53. The molecule has 0 saturated carbocycles. The molecule has 7 heteroatoms. The summed E-state index contributed by atoms with van der Waals surface area (Å²) in [6, 6.07) is 2.14. The van der Waals surface area contributed by atoms with Crippen LogP contribution in [0.25, 0.3) is 5.95 Å². The fourth-order valence-electron chi connectivity index (χ4n) is 1.44. The monoisotopic (exact) mass is 262 g/mol. The summed E-state index contributed by atoms with van der Waals surface area (Å²) in [5.74, 6) is 0.942. The zero-order valence-corrected chi connectivity index (χ0v) is 11.2. The standard InChI is InChI=1S/C12H18N6O/c1-3-5-9-19-12-16-10(13-4-2)15-11(17-12)18-8-6-7-14-18/h6-8H,3-5,9H2,1-2H3,(H,13,15,16,17). The smallest absolute Gasteiger partial charge is 0.323 e. The summed E-state index contributed by atoms with van der Waals surface area (Å²) in [7, 11) is 0. The van der Waals surface area contributed by atoms with Crippen molar-refractivity contribution in [1.29, 1.82) is 0 Å². The Labute approximate surface area is 112 Å². The number of hydrogen-bond donors (Lipinski definition) is 1. The molecule has 7 nitrogen and oxygen atoms in total. The van der Waals surface area contributed by atoms with Gasteiger partial charge in [-0.15, -0.1) is 0 Å². The molecule has 0 fully saturated rings. The van der Waals surface area contributed by atoms with Crippen LogP contribution in [0.2, 0.25) is 0 Å². The van der Waals surface area contributed by atoms with E-state index in [1.807, 2.05) is 13.0 Å². The van der Waals surface area contributed by atoms with Crippen molar-refractivity contribution < 1.29 is 4.74 Å². The van der Waals surface area contributed by atoms with Gasteiger partial charge in [0.1, 0.15) is 0 Å². The highest BCUT2D eigenvalue weighted by Gasteiger charge is 2.08. The third kappa shape index (κ3) is 3.64. The number of anilines is 1. The Morgan fingerprint density at radius 1 is 1.26 bits per heavy atom. The number of aromatic nitrogens is 5. The minimum Gasteiger partial charge on any atom is -0.463 e. The summed E-state index contributed by atoms with van der Waals surface area (Å²) in [5, 5.41) is 7.16. The van der Waals surface area contributed by atoms with Crippen molar-refractivity contribution in [2.75, 3.05) is 18.5 Å². The summed E-state index contributed by atoms with van der Waals surface area (Å²) in [4.78, 5) is 12.7. The molecule has 0 aliphatic heterocycles. The molecule has 0 spiro atoms. The van der Waals surface area contributed by atoms with Crippen LogP contribution in [0.1, 0.15) is 26.7 Å². The second-order valence-corrected chi connectivity index (χ2v) is 3.92. The van der Waals surface area contributed by atoms with Gasteiger partial charge in [-0.2, -0.15) is 20.1 Å². The normalized spacial score (nSPS) is 10.4. The quantitative estimate of drug-likeness (QED) is 0.765. The first-order chi connectivity index (χ1) is 9.33. The fraction of sp³-hybridized carbons (Fsp3) is 0.500. The van der Waals surface area contributed by atoms with Crippen LogP contribution < -0.4 is 10.1 Å². The molecule has 102 valence electrons. The Kier molecular flexibility index (Phi) is 4.66. The molecule has 0 atom stereocenters. The Morgan fingerprint density at radius 2 is 2.16 bits per heavy atom. The lowest BCUT2D eigenvalue weighted by Gasteiger charge is -2.08. The van der Waals surface area contributed by atoms with Crippen LogP contribution in [0.3, 0.4) is 0 Å². The first kappa shape index (κ1) is 13.3. The van der Waals surface area contributed by atoms with Gasteiger partial charge in [-0.1, -0.05) is 13.3 Å². The Bertz CT molecular complexity index is 499. The lowest BCUT2D eigenvalue weighted by atomic mass is 10.4. The van der Waals surface area contributed by atoms with Crippen molar-refractivity contribution in [1.82, 2.24) is 24.7 Å². The first-order valence-corrected chi connectivity index (χ1v) is 6.46. The van der Waals surface area contributed by atoms with Gasteiger partial charge in [0, 0.05) is 18.9 Å². The van der Waals surface area contributed by atoms with Crippen LogP contribution in [0.5, 0.6) is 6.01 Å². The third-order valence-corrected chi connectivity index (χ3v) is 2.38. The molecule has 0 unspecified atom stereocenters. The summed E-state index contributed by atoms with van der Waals surface area (Å²) in [5.41, 5.74) is 0. The molecule has 0 bridgehead atoms. The van der Waals surface area contributed by atoms with E-state index in [9.17, 15) is 0 Å². The van der Waals surface area contributed by atoms with Gasteiger partial charge in [0.25, 0.3) is 5.95 Å². The van der Waals surface area contributed by atoms with Gasteiger partial charge in [-0.3, -0.25) is 0 Å². The summed E-state index contributed by atoms with van der Waals surface area (Å²) in [6.45, 7) is 5.42. The number of nitrogens with zero attached hydrogens (tertiary/aromatic N) is 5. The maximum absolute atomic E-state index is 5.53. The van der Waals surface area contributed by atoms with E-state index in [4.69, 9.17) is 4.74 Å². The second kappa shape index (κ2) is 6.67. The highest BCUT2D eigenvalue weighted by molar-refractivity contribution is 5.29. The van der Waals surface area contributed by atoms with Crippen LogP contribution in [0.15, 0.2) is 18.5 Å². The number of unbranched alkanes of at least 4 members (excludes halogenated alkanes) is 1. The van der Waals surface area contributed by atoms with Gasteiger partial charge in [0.15, 0.2) is 0 Å². The van der Waals surface area contributed by atoms with Crippen molar-refractivity contribution in [3.63, 3.8) is 0 Å². The van der Waals surface area contributed by atoms with Gasteiger partial charge in [0.2, 0.25) is 5.95 Å². The number of ether oxygens (including phenoxy) is 1. The van der Waals surface area contributed by atoms with Crippen LogP contribution in [-0.2, 0) is 0 Å². The summed E-state index contributed by atoms with van der Waals surface area (Å²) < 4.78 is 7.11. The van der Waals surface area contributed by atoms with Gasteiger partial charge < -0.3 is 10.1 Å². The summed E-state index contributed by atoms with van der Waals surface area (Å²) >= 11 is 0. The summed E-state index contributed by atoms with van der Waals surface area (Å²) in [6.07, 6.45) is 5.49. The highest BCUT2D eigenvalue weighted by Crippen LogP contribution is 2.10. The SMILES string of the molecule is CCCCOc1nc(NCC)nc(-n2cccn2)n1. The van der Waals surface area contributed by atoms with Crippen molar-refractivity contribution in [3.8, 4) is 12.0 Å². The number of rotatable bonds is 7. The van der Waals surface area contributed by atoms with E-state index in [0.717, 1.165) is 19.4 Å². The number of nitrogens with one attached hydrogen (secondary N) is 1. The first-order valence-electron chi connectivity index (χ1n) is 6.46.